The van der Waals surface area contributed by atoms with Gasteiger partial charge in [0, 0.05) is 24.1 Å². The molecular formula is C11H14FNS. The quantitative estimate of drug-likeness (QED) is 0.803. The van der Waals surface area contributed by atoms with Crippen molar-refractivity contribution < 1.29 is 4.39 Å². The lowest BCUT2D eigenvalue weighted by Crippen LogP contribution is -2.39. The first kappa shape index (κ1) is 9.99. The van der Waals surface area contributed by atoms with E-state index < -0.39 is 0 Å². The van der Waals surface area contributed by atoms with Crippen molar-refractivity contribution in [3.63, 3.8) is 0 Å². The maximum atomic E-state index is 13.3. The summed E-state index contributed by atoms with van der Waals surface area (Å²) < 4.78 is 13.3. The summed E-state index contributed by atoms with van der Waals surface area (Å²) in [4.78, 5) is 0. The number of hydrogen-bond donors (Lipinski definition) is 1. The Hall–Kier alpha value is -0.540. The summed E-state index contributed by atoms with van der Waals surface area (Å²) in [5.74, 6) is 2.19. The molecule has 0 radical (unpaired) electrons. The lowest BCUT2D eigenvalue weighted by molar-refractivity contribution is 0.539. The molecule has 76 valence electrons. The molecule has 1 nitrogen and oxygen atoms in total. The first-order valence-corrected chi connectivity index (χ1v) is 6.06. The highest BCUT2D eigenvalue weighted by molar-refractivity contribution is 7.99. The monoisotopic (exact) mass is 211 g/mol. The number of nitrogens with one attached hydrogen (secondary N) is 1. The summed E-state index contributed by atoms with van der Waals surface area (Å²) in [5.41, 5.74) is 0.826. The number of halogens is 1. The summed E-state index contributed by atoms with van der Waals surface area (Å²) in [6.45, 7) is 1.05. The molecule has 0 bridgehead atoms. The minimum absolute atomic E-state index is 0.0788. The van der Waals surface area contributed by atoms with Crippen LogP contribution in [0.1, 0.15) is 5.56 Å². The van der Waals surface area contributed by atoms with Crippen LogP contribution >= 0.6 is 11.8 Å². The average molecular weight is 211 g/mol. The predicted molar refractivity (Wildman–Crippen MR) is 59.2 cm³/mol. The van der Waals surface area contributed by atoms with Crippen molar-refractivity contribution in [2.45, 2.75) is 12.5 Å². The molecule has 0 aromatic heterocycles. The SMILES string of the molecule is Fc1ccccc1CC1CSCCN1. The largest absolute Gasteiger partial charge is 0.312 e. The smallest absolute Gasteiger partial charge is 0.126 e. The van der Waals surface area contributed by atoms with E-state index in [4.69, 9.17) is 0 Å². The van der Waals surface area contributed by atoms with Crippen LogP contribution in [0.5, 0.6) is 0 Å². The summed E-state index contributed by atoms with van der Waals surface area (Å²) in [5, 5.41) is 3.41. The summed E-state index contributed by atoms with van der Waals surface area (Å²) in [6, 6.07) is 7.48. The molecule has 1 heterocycles. The standard InChI is InChI=1S/C11H14FNS/c12-11-4-2-1-3-9(11)7-10-8-14-6-5-13-10/h1-4,10,13H,5-8H2. The maximum Gasteiger partial charge on any atom is 0.126 e. The van der Waals surface area contributed by atoms with E-state index in [9.17, 15) is 4.39 Å². The second kappa shape index (κ2) is 4.80. The molecule has 1 saturated heterocycles. The molecule has 2 rings (SSSR count). The highest BCUT2D eigenvalue weighted by Gasteiger charge is 2.14. The molecule has 1 aliphatic rings. The fraction of sp³-hybridized carbons (Fsp3) is 0.455. The molecule has 0 spiro atoms. The molecule has 0 saturated carbocycles. The van der Waals surface area contributed by atoms with Crippen LogP contribution in [0.4, 0.5) is 4.39 Å². The molecule has 1 N–H and O–H groups in total. The molecule has 0 amide bonds. The van der Waals surface area contributed by atoms with Gasteiger partial charge in [-0.3, -0.25) is 0 Å². The summed E-state index contributed by atoms with van der Waals surface area (Å²) in [6.07, 6.45) is 0.805. The van der Waals surface area contributed by atoms with Gasteiger partial charge in [-0.05, 0) is 18.1 Å². The average Bonchev–Trinajstić information content (AvgIpc) is 2.23. The third-order valence-electron chi connectivity index (χ3n) is 2.42. The van der Waals surface area contributed by atoms with Crippen molar-refractivity contribution in [1.29, 1.82) is 0 Å². The zero-order chi connectivity index (χ0) is 9.80. The van der Waals surface area contributed by atoms with Crippen LogP contribution in [-0.4, -0.2) is 24.1 Å². The van der Waals surface area contributed by atoms with Gasteiger partial charge in [-0.2, -0.15) is 11.8 Å². The van der Waals surface area contributed by atoms with Crippen LogP contribution in [0.15, 0.2) is 24.3 Å². The van der Waals surface area contributed by atoms with E-state index in [1.54, 1.807) is 6.07 Å². The minimum atomic E-state index is -0.0788. The Morgan fingerprint density at radius 1 is 1.43 bits per heavy atom. The second-order valence-electron chi connectivity index (χ2n) is 3.52. The summed E-state index contributed by atoms with van der Waals surface area (Å²) >= 11 is 1.94. The zero-order valence-corrected chi connectivity index (χ0v) is 8.82. The van der Waals surface area contributed by atoms with Crippen molar-refractivity contribution in [3.05, 3.63) is 35.6 Å². The lowest BCUT2D eigenvalue weighted by Gasteiger charge is -2.23. The number of rotatable bonds is 2. The van der Waals surface area contributed by atoms with Gasteiger partial charge in [0.15, 0.2) is 0 Å². The fourth-order valence-electron chi connectivity index (χ4n) is 1.68. The van der Waals surface area contributed by atoms with Crippen molar-refractivity contribution in [2.75, 3.05) is 18.1 Å². The predicted octanol–water partition coefficient (Wildman–Crippen LogP) is 2.07. The third kappa shape index (κ3) is 2.49. The van der Waals surface area contributed by atoms with E-state index in [0.29, 0.717) is 6.04 Å². The molecule has 1 aromatic carbocycles. The Bertz CT molecular complexity index is 297. The molecule has 0 aliphatic carbocycles. The van der Waals surface area contributed by atoms with Crippen LogP contribution in [0.2, 0.25) is 0 Å². The third-order valence-corrected chi connectivity index (χ3v) is 3.55. The molecule has 1 atom stereocenters. The van der Waals surface area contributed by atoms with Gasteiger partial charge in [0.05, 0.1) is 0 Å². The molecular weight excluding hydrogens is 197 g/mol. The van der Waals surface area contributed by atoms with E-state index in [2.05, 4.69) is 5.32 Å². The van der Waals surface area contributed by atoms with E-state index >= 15 is 0 Å². The van der Waals surface area contributed by atoms with Gasteiger partial charge < -0.3 is 5.32 Å². The van der Waals surface area contributed by atoms with Crippen LogP contribution in [0.3, 0.4) is 0 Å². The van der Waals surface area contributed by atoms with E-state index in [-0.39, 0.29) is 5.82 Å². The Morgan fingerprint density at radius 2 is 2.29 bits per heavy atom. The molecule has 1 unspecified atom stereocenters. The zero-order valence-electron chi connectivity index (χ0n) is 8.00. The van der Waals surface area contributed by atoms with Crippen molar-refractivity contribution in [2.24, 2.45) is 0 Å². The van der Waals surface area contributed by atoms with Crippen molar-refractivity contribution in [1.82, 2.24) is 5.32 Å². The van der Waals surface area contributed by atoms with Gasteiger partial charge in [-0.25, -0.2) is 4.39 Å². The minimum Gasteiger partial charge on any atom is -0.312 e. The lowest BCUT2D eigenvalue weighted by atomic mass is 10.1. The Morgan fingerprint density at radius 3 is 3.00 bits per heavy atom. The van der Waals surface area contributed by atoms with Gasteiger partial charge >= 0.3 is 0 Å². The van der Waals surface area contributed by atoms with E-state index in [1.807, 2.05) is 23.9 Å². The fourth-order valence-corrected chi connectivity index (χ4v) is 2.63. The van der Waals surface area contributed by atoms with E-state index in [0.717, 1.165) is 24.3 Å². The highest BCUT2D eigenvalue weighted by atomic mass is 32.2. The van der Waals surface area contributed by atoms with Gasteiger partial charge in [0.2, 0.25) is 0 Å². The Balaban J connectivity index is 1.99. The Labute approximate surface area is 88.1 Å². The molecule has 3 heteroatoms. The van der Waals surface area contributed by atoms with E-state index in [1.165, 1.54) is 11.8 Å². The molecule has 1 aliphatic heterocycles. The van der Waals surface area contributed by atoms with Crippen LogP contribution in [0.25, 0.3) is 0 Å². The van der Waals surface area contributed by atoms with Gasteiger partial charge in [0.1, 0.15) is 5.82 Å². The molecule has 1 fully saturated rings. The van der Waals surface area contributed by atoms with Crippen LogP contribution in [-0.2, 0) is 6.42 Å². The second-order valence-corrected chi connectivity index (χ2v) is 4.67. The Kier molecular flexibility index (Phi) is 3.43. The van der Waals surface area contributed by atoms with Crippen molar-refractivity contribution in [3.8, 4) is 0 Å². The number of thioether (sulfide) groups is 1. The van der Waals surface area contributed by atoms with Crippen molar-refractivity contribution >= 4 is 11.8 Å². The van der Waals surface area contributed by atoms with Gasteiger partial charge in [-0.1, -0.05) is 18.2 Å². The first-order valence-electron chi connectivity index (χ1n) is 4.91. The number of hydrogen-bond acceptors (Lipinski definition) is 2. The van der Waals surface area contributed by atoms with Crippen LogP contribution in [0, 0.1) is 5.82 Å². The molecule has 14 heavy (non-hydrogen) atoms. The topological polar surface area (TPSA) is 12.0 Å². The first-order chi connectivity index (χ1) is 6.86. The van der Waals surface area contributed by atoms with Gasteiger partial charge in [-0.15, -0.1) is 0 Å². The molecule has 1 aromatic rings. The summed E-state index contributed by atoms with van der Waals surface area (Å²) in [7, 11) is 0. The van der Waals surface area contributed by atoms with Gasteiger partial charge in [0.25, 0.3) is 0 Å². The maximum absolute atomic E-state index is 13.3. The normalized spacial score (nSPS) is 22.2. The highest BCUT2D eigenvalue weighted by Crippen LogP contribution is 2.14. The van der Waals surface area contributed by atoms with Crippen LogP contribution < -0.4 is 5.32 Å². The number of benzene rings is 1.